The summed E-state index contributed by atoms with van der Waals surface area (Å²) in [6.45, 7) is -1.88. The van der Waals surface area contributed by atoms with Crippen molar-refractivity contribution in [1.29, 1.82) is 0 Å². The first-order chi connectivity index (χ1) is 8.25. The molecule has 1 aromatic rings. The second-order valence-corrected chi connectivity index (χ2v) is 3.36. The maximum Gasteiger partial charge on any atom is 0.419 e. The molecular weight excluding hydrogens is 259 g/mol. The minimum atomic E-state index is -4.87. The maximum atomic E-state index is 12.6. The van der Waals surface area contributed by atoms with Crippen LogP contribution in [0.15, 0.2) is 18.2 Å². The highest BCUT2D eigenvalue weighted by atomic mass is 19.4. The molecule has 0 spiro atoms. The van der Waals surface area contributed by atoms with E-state index in [4.69, 9.17) is 0 Å². The van der Waals surface area contributed by atoms with Crippen LogP contribution in [0.3, 0.4) is 0 Å². The number of carbonyl (C=O) groups excluding carboxylic acids is 1. The van der Waals surface area contributed by atoms with Crippen LogP contribution in [0.4, 0.5) is 22.0 Å². The molecule has 1 aromatic carbocycles. The molecule has 0 amide bonds. The van der Waals surface area contributed by atoms with Crippen LogP contribution in [0.5, 0.6) is 5.75 Å². The molecule has 7 heteroatoms. The highest BCUT2D eigenvalue weighted by Gasteiger charge is 2.35. The highest BCUT2D eigenvalue weighted by molar-refractivity contribution is 5.96. The van der Waals surface area contributed by atoms with E-state index in [1.165, 1.54) is 6.92 Å². The first kappa shape index (κ1) is 14.4. The van der Waals surface area contributed by atoms with Gasteiger partial charge in [0.2, 0.25) is 0 Å². The Bertz CT molecular complexity index is 440. The molecule has 0 saturated heterocycles. The number of ketones is 1. The quantitative estimate of drug-likeness (QED) is 0.611. The number of ether oxygens (including phenoxy) is 1. The van der Waals surface area contributed by atoms with E-state index < -0.39 is 29.9 Å². The van der Waals surface area contributed by atoms with E-state index >= 15 is 0 Å². The highest BCUT2D eigenvalue weighted by Crippen LogP contribution is 2.37. The van der Waals surface area contributed by atoms with Crippen LogP contribution in [-0.2, 0) is 6.18 Å². The zero-order valence-electron chi connectivity index (χ0n) is 9.22. The molecule has 100 valence electrons. The number of halogens is 5. The van der Waals surface area contributed by atoms with Gasteiger partial charge in [-0.05, 0) is 18.2 Å². The van der Waals surface area contributed by atoms with Gasteiger partial charge in [-0.3, -0.25) is 4.79 Å². The fraction of sp³-hybridized carbons (Fsp3) is 0.364. The average Bonchev–Trinajstić information content (AvgIpc) is 2.26. The van der Waals surface area contributed by atoms with Crippen LogP contribution in [0, 0.1) is 0 Å². The van der Waals surface area contributed by atoms with Crippen LogP contribution >= 0.6 is 0 Å². The van der Waals surface area contributed by atoms with Gasteiger partial charge in [0.15, 0.2) is 5.78 Å². The van der Waals surface area contributed by atoms with Crippen molar-refractivity contribution in [2.24, 2.45) is 0 Å². The Morgan fingerprint density at radius 2 is 1.94 bits per heavy atom. The first-order valence-corrected chi connectivity index (χ1v) is 4.95. The lowest BCUT2D eigenvalue weighted by atomic mass is 10.0. The molecule has 2 nitrogen and oxygen atoms in total. The topological polar surface area (TPSA) is 26.3 Å². The summed E-state index contributed by atoms with van der Waals surface area (Å²) in [5, 5.41) is 0. The molecule has 0 unspecified atom stereocenters. The van der Waals surface area contributed by atoms with Gasteiger partial charge in [-0.15, -0.1) is 0 Å². The van der Waals surface area contributed by atoms with Gasteiger partial charge in [0, 0.05) is 12.0 Å². The molecule has 0 aliphatic heterocycles. The van der Waals surface area contributed by atoms with Gasteiger partial charge in [0.25, 0.3) is 0 Å². The second-order valence-electron chi connectivity index (χ2n) is 3.36. The van der Waals surface area contributed by atoms with Crippen LogP contribution < -0.4 is 4.74 Å². The minimum absolute atomic E-state index is 0.0202. The van der Waals surface area contributed by atoms with Crippen LogP contribution in [0.1, 0.15) is 29.3 Å². The molecular formula is C11H9F5O2. The van der Waals surface area contributed by atoms with Crippen molar-refractivity contribution in [3.63, 3.8) is 0 Å². The van der Waals surface area contributed by atoms with E-state index in [-0.39, 0.29) is 12.0 Å². The molecule has 18 heavy (non-hydrogen) atoms. The van der Waals surface area contributed by atoms with E-state index in [0.29, 0.717) is 6.07 Å². The van der Waals surface area contributed by atoms with E-state index in [0.717, 1.165) is 12.1 Å². The Labute approximate surface area is 99.4 Å². The number of hydrogen-bond donors (Lipinski definition) is 0. The summed E-state index contributed by atoms with van der Waals surface area (Å²) in [6, 6.07) is 2.26. The predicted octanol–water partition coefficient (Wildman–Crippen LogP) is 3.90. The summed E-state index contributed by atoms with van der Waals surface area (Å²) in [5.74, 6) is -1.51. The Morgan fingerprint density at radius 1 is 1.33 bits per heavy atom. The molecule has 0 radical (unpaired) electrons. The van der Waals surface area contributed by atoms with Crippen LogP contribution in [0.25, 0.3) is 0 Å². The number of hydrogen-bond acceptors (Lipinski definition) is 2. The predicted molar refractivity (Wildman–Crippen MR) is 52.7 cm³/mol. The van der Waals surface area contributed by atoms with Gasteiger partial charge >= 0.3 is 12.8 Å². The summed E-state index contributed by atoms with van der Waals surface area (Å²) in [5.41, 5.74) is -1.58. The van der Waals surface area contributed by atoms with Gasteiger partial charge in [-0.1, -0.05) is 6.92 Å². The summed E-state index contributed by atoms with van der Waals surface area (Å²) in [4.78, 5) is 11.3. The lowest BCUT2D eigenvalue weighted by Crippen LogP contribution is -2.13. The van der Waals surface area contributed by atoms with Crippen molar-refractivity contribution >= 4 is 5.78 Å². The standard InChI is InChI=1S/C11H9F5O2/c1-2-8(17)6-3-4-9(18-10(12)13)7(5-6)11(14,15)16/h3-5,10H,2H2,1H3. The van der Waals surface area contributed by atoms with E-state index in [2.05, 4.69) is 4.74 Å². The number of alkyl halides is 5. The molecule has 1 rings (SSSR count). The third-order valence-electron chi connectivity index (χ3n) is 2.14. The van der Waals surface area contributed by atoms with Gasteiger partial charge in [0.05, 0.1) is 5.56 Å². The molecule has 0 aliphatic carbocycles. The number of carbonyl (C=O) groups is 1. The van der Waals surface area contributed by atoms with E-state index in [1.807, 2.05) is 0 Å². The zero-order chi connectivity index (χ0) is 13.9. The van der Waals surface area contributed by atoms with Crippen molar-refractivity contribution in [3.05, 3.63) is 29.3 Å². The summed E-state index contributed by atoms with van der Waals surface area (Å²) < 4.78 is 65.5. The number of Topliss-reactive ketones (excluding diaryl/α,β-unsaturated/α-hetero) is 1. The Balaban J connectivity index is 3.25. The lowest BCUT2D eigenvalue weighted by molar-refractivity contribution is -0.141. The molecule has 0 atom stereocenters. The largest absolute Gasteiger partial charge is 0.434 e. The first-order valence-electron chi connectivity index (χ1n) is 4.95. The number of benzene rings is 1. The molecule has 0 aromatic heterocycles. The lowest BCUT2D eigenvalue weighted by Gasteiger charge is -2.14. The maximum absolute atomic E-state index is 12.6. The van der Waals surface area contributed by atoms with Gasteiger partial charge in [-0.2, -0.15) is 22.0 Å². The van der Waals surface area contributed by atoms with Crippen molar-refractivity contribution in [1.82, 2.24) is 0 Å². The SMILES string of the molecule is CCC(=O)c1ccc(OC(F)F)c(C(F)(F)F)c1. The average molecular weight is 268 g/mol. The third-order valence-corrected chi connectivity index (χ3v) is 2.14. The zero-order valence-corrected chi connectivity index (χ0v) is 9.22. The summed E-state index contributed by atoms with van der Waals surface area (Å²) in [7, 11) is 0. The Kier molecular flexibility index (Phi) is 4.26. The van der Waals surface area contributed by atoms with E-state index in [9.17, 15) is 26.7 Å². The Hall–Kier alpha value is -1.66. The molecule has 0 N–H and O–H groups in total. The number of rotatable bonds is 4. The van der Waals surface area contributed by atoms with E-state index in [1.54, 1.807) is 0 Å². The third kappa shape index (κ3) is 3.41. The second kappa shape index (κ2) is 5.32. The fourth-order valence-electron chi connectivity index (χ4n) is 1.33. The molecule has 0 fully saturated rings. The summed E-state index contributed by atoms with van der Waals surface area (Å²) in [6.07, 6.45) is -4.85. The van der Waals surface area contributed by atoms with Crippen molar-refractivity contribution in [2.45, 2.75) is 26.1 Å². The molecule has 0 bridgehead atoms. The smallest absolute Gasteiger partial charge is 0.419 e. The normalized spacial score (nSPS) is 11.7. The minimum Gasteiger partial charge on any atom is -0.434 e. The fourth-order valence-corrected chi connectivity index (χ4v) is 1.33. The van der Waals surface area contributed by atoms with Gasteiger partial charge < -0.3 is 4.74 Å². The Morgan fingerprint density at radius 3 is 2.39 bits per heavy atom. The molecule has 0 saturated carbocycles. The van der Waals surface area contributed by atoms with Crippen LogP contribution in [-0.4, -0.2) is 12.4 Å². The van der Waals surface area contributed by atoms with Gasteiger partial charge in [0.1, 0.15) is 5.75 Å². The monoisotopic (exact) mass is 268 g/mol. The molecule has 0 aliphatic rings. The van der Waals surface area contributed by atoms with Gasteiger partial charge in [-0.25, -0.2) is 0 Å². The molecule has 0 heterocycles. The van der Waals surface area contributed by atoms with Crippen molar-refractivity contribution in [2.75, 3.05) is 0 Å². The van der Waals surface area contributed by atoms with Crippen molar-refractivity contribution in [3.8, 4) is 5.75 Å². The van der Waals surface area contributed by atoms with Crippen molar-refractivity contribution < 1.29 is 31.5 Å². The van der Waals surface area contributed by atoms with Crippen LogP contribution in [0.2, 0.25) is 0 Å². The summed E-state index contributed by atoms with van der Waals surface area (Å²) >= 11 is 0.